The maximum Gasteiger partial charge on any atom is 0.329 e. The number of rotatable bonds is 6. The van der Waals surface area contributed by atoms with E-state index in [2.05, 4.69) is 5.32 Å². The van der Waals surface area contributed by atoms with Gasteiger partial charge in [0.05, 0.1) is 12.3 Å². The van der Waals surface area contributed by atoms with Gasteiger partial charge in [0.2, 0.25) is 15.9 Å². The van der Waals surface area contributed by atoms with E-state index < -0.39 is 27.4 Å². The summed E-state index contributed by atoms with van der Waals surface area (Å²) >= 11 is 0. The molecule has 0 heterocycles. The Bertz CT molecular complexity index is 468. The molecule has 20 heavy (non-hydrogen) atoms. The monoisotopic (exact) mass is 306 g/mol. The van der Waals surface area contributed by atoms with Crippen molar-refractivity contribution in [2.75, 3.05) is 19.3 Å². The number of aliphatic carboxylic acids is 1. The average molecular weight is 306 g/mol. The van der Waals surface area contributed by atoms with Crippen molar-refractivity contribution >= 4 is 21.9 Å². The molecule has 1 amide bonds. The van der Waals surface area contributed by atoms with Crippen molar-refractivity contribution < 1.29 is 23.1 Å². The summed E-state index contributed by atoms with van der Waals surface area (Å²) in [4.78, 5) is 23.3. The summed E-state index contributed by atoms with van der Waals surface area (Å²) in [5, 5.41) is 11.8. The molecule has 0 aliphatic heterocycles. The predicted octanol–water partition coefficient (Wildman–Crippen LogP) is 0.172. The fourth-order valence-electron chi connectivity index (χ4n) is 2.38. The van der Waals surface area contributed by atoms with Crippen molar-refractivity contribution in [3.8, 4) is 0 Å². The molecule has 1 aliphatic carbocycles. The van der Waals surface area contributed by atoms with Gasteiger partial charge >= 0.3 is 5.97 Å². The summed E-state index contributed by atoms with van der Waals surface area (Å²) in [6.07, 6.45) is 3.22. The van der Waals surface area contributed by atoms with Gasteiger partial charge in [-0.25, -0.2) is 13.2 Å². The third kappa shape index (κ3) is 3.92. The van der Waals surface area contributed by atoms with E-state index in [9.17, 15) is 23.1 Å². The predicted molar refractivity (Wildman–Crippen MR) is 73.7 cm³/mol. The second-order valence-electron chi connectivity index (χ2n) is 5.15. The van der Waals surface area contributed by atoms with E-state index in [0.717, 1.165) is 23.6 Å². The molecular formula is C12H22N2O5S. The van der Waals surface area contributed by atoms with Gasteiger partial charge in [-0.15, -0.1) is 0 Å². The van der Waals surface area contributed by atoms with E-state index in [4.69, 9.17) is 0 Å². The zero-order chi connectivity index (χ0) is 15.4. The second kappa shape index (κ2) is 6.53. The summed E-state index contributed by atoms with van der Waals surface area (Å²) in [6, 6.07) is 0. The van der Waals surface area contributed by atoms with Crippen LogP contribution in [0.3, 0.4) is 0 Å². The standard InChI is InChI=1S/C12H22N2O5S/c1-3-20(18,19)14(2)9-10(15)13-12(11(16)17)7-5-4-6-8-12/h3-9H2,1-2H3,(H,13,15)(H,16,17). The summed E-state index contributed by atoms with van der Waals surface area (Å²) in [5.41, 5.74) is -1.24. The highest BCUT2D eigenvalue weighted by Gasteiger charge is 2.41. The molecule has 0 bridgehead atoms. The minimum absolute atomic E-state index is 0.0964. The van der Waals surface area contributed by atoms with Crippen LogP contribution in [0.15, 0.2) is 0 Å². The molecule has 0 radical (unpaired) electrons. The van der Waals surface area contributed by atoms with E-state index in [1.54, 1.807) is 0 Å². The number of hydrogen-bond donors (Lipinski definition) is 2. The van der Waals surface area contributed by atoms with Crippen LogP contribution in [0.4, 0.5) is 0 Å². The Morgan fingerprint density at radius 2 is 1.80 bits per heavy atom. The Morgan fingerprint density at radius 3 is 2.25 bits per heavy atom. The van der Waals surface area contributed by atoms with Crippen LogP contribution in [-0.4, -0.2) is 54.6 Å². The van der Waals surface area contributed by atoms with Crippen molar-refractivity contribution in [2.24, 2.45) is 0 Å². The van der Waals surface area contributed by atoms with E-state index in [-0.39, 0.29) is 12.3 Å². The maximum absolute atomic E-state index is 11.9. The van der Waals surface area contributed by atoms with Gasteiger partial charge in [-0.3, -0.25) is 4.79 Å². The molecule has 0 atom stereocenters. The lowest BCUT2D eigenvalue weighted by Crippen LogP contribution is -2.57. The molecular weight excluding hydrogens is 284 g/mol. The molecule has 0 aromatic heterocycles. The zero-order valence-electron chi connectivity index (χ0n) is 11.9. The van der Waals surface area contributed by atoms with Crippen LogP contribution in [0.1, 0.15) is 39.0 Å². The summed E-state index contributed by atoms with van der Waals surface area (Å²) in [7, 11) is -2.14. The number of hydrogen-bond acceptors (Lipinski definition) is 4. The van der Waals surface area contributed by atoms with Crippen LogP contribution in [-0.2, 0) is 19.6 Å². The Labute approximate surface area is 119 Å². The van der Waals surface area contributed by atoms with Gasteiger partial charge < -0.3 is 10.4 Å². The summed E-state index contributed by atoms with van der Waals surface area (Å²) in [6.45, 7) is 1.13. The zero-order valence-corrected chi connectivity index (χ0v) is 12.7. The first kappa shape index (κ1) is 16.9. The first-order valence-corrected chi connectivity index (χ1v) is 8.33. The van der Waals surface area contributed by atoms with Crippen molar-refractivity contribution in [2.45, 2.75) is 44.6 Å². The molecule has 116 valence electrons. The number of carboxylic acid groups (broad SMARTS) is 1. The van der Waals surface area contributed by atoms with Gasteiger partial charge in [0.1, 0.15) is 5.54 Å². The van der Waals surface area contributed by atoms with Gasteiger partial charge in [-0.05, 0) is 19.8 Å². The van der Waals surface area contributed by atoms with Crippen LogP contribution < -0.4 is 5.32 Å². The molecule has 0 spiro atoms. The van der Waals surface area contributed by atoms with Crippen LogP contribution in [0.2, 0.25) is 0 Å². The molecule has 0 aromatic carbocycles. The van der Waals surface area contributed by atoms with Crippen LogP contribution in [0.5, 0.6) is 0 Å². The van der Waals surface area contributed by atoms with Crippen molar-refractivity contribution in [3.63, 3.8) is 0 Å². The second-order valence-corrected chi connectivity index (χ2v) is 7.52. The molecule has 1 saturated carbocycles. The quantitative estimate of drug-likeness (QED) is 0.728. The van der Waals surface area contributed by atoms with Crippen LogP contribution in [0, 0.1) is 0 Å². The average Bonchev–Trinajstić information content (AvgIpc) is 2.39. The number of nitrogens with zero attached hydrogens (tertiary/aromatic N) is 1. The van der Waals surface area contributed by atoms with Gasteiger partial charge in [0, 0.05) is 7.05 Å². The number of nitrogens with one attached hydrogen (secondary N) is 1. The van der Waals surface area contributed by atoms with Crippen molar-refractivity contribution in [3.05, 3.63) is 0 Å². The smallest absolute Gasteiger partial charge is 0.329 e. The molecule has 8 heteroatoms. The first-order valence-electron chi connectivity index (χ1n) is 6.72. The van der Waals surface area contributed by atoms with E-state index in [1.807, 2.05) is 0 Å². The molecule has 2 N–H and O–H groups in total. The number of carboxylic acids is 1. The molecule has 0 unspecified atom stereocenters. The number of amides is 1. The molecule has 7 nitrogen and oxygen atoms in total. The number of sulfonamides is 1. The van der Waals surface area contributed by atoms with Crippen molar-refractivity contribution in [1.82, 2.24) is 9.62 Å². The molecule has 0 saturated heterocycles. The Kier molecular flexibility index (Phi) is 5.52. The third-order valence-electron chi connectivity index (χ3n) is 3.70. The molecule has 1 aliphatic rings. The maximum atomic E-state index is 11.9. The fraction of sp³-hybridized carbons (Fsp3) is 0.833. The lowest BCUT2D eigenvalue weighted by atomic mass is 9.81. The molecule has 1 fully saturated rings. The van der Waals surface area contributed by atoms with E-state index in [1.165, 1.54) is 14.0 Å². The number of carbonyl (C=O) groups excluding carboxylic acids is 1. The minimum atomic E-state index is -3.45. The van der Waals surface area contributed by atoms with E-state index in [0.29, 0.717) is 12.8 Å². The Hall–Kier alpha value is -1.15. The lowest BCUT2D eigenvalue weighted by molar-refractivity contribution is -0.149. The van der Waals surface area contributed by atoms with Gasteiger partial charge in [0.25, 0.3) is 0 Å². The largest absolute Gasteiger partial charge is 0.480 e. The van der Waals surface area contributed by atoms with Crippen LogP contribution in [0.25, 0.3) is 0 Å². The Balaban J connectivity index is 2.71. The molecule has 1 rings (SSSR count). The number of carbonyl (C=O) groups is 2. The lowest BCUT2D eigenvalue weighted by Gasteiger charge is -2.34. The van der Waals surface area contributed by atoms with Crippen LogP contribution >= 0.6 is 0 Å². The van der Waals surface area contributed by atoms with Crippen molar-refractivity contribution in [1.29, 1.82) is 0 Å². The van der Waals surface area contributed by atoms with Gasteiger partial charge in [-0.1, -0.05) is 19.3 Å². The normalized spacial score (nSPS) is 18.8. The topological polar surface area (TPSA) is 104 Å². The third-order valence-corrected chi connectivity index (χ3v) is 5.51. The number of likely N-dealkylation sites (N-methyl/N-ethyl adjacent to an activating group) is 1. The highest BCUT2D eigenvalue weighted by Crippen LogP contribution is 2.28. The Morgan fingerprint density at radius 1 is 1.25 bits per heavy atom. The summed E-state index contributed by atoms with van der Waals surface area (Å²) < 4.78 is 24.1. The van der Waals surface area contributed by atoms with Gasteiger partial charge in [-0.2, -0.15) is 4.31 Å². The molecule has 0 aromatic rings. The fourth-order valence-corrected chi connectivity index (χ4v) is 3.13. The minimum Gasteiger partial charge on any atom is -0.480 e. The van der Waals surface area contributed by atoms with Gasteiger partial charge in [0.15, 0.2) is 0 Å². The summed E-state index contributed by atoms with van der Waals surface area (Å²) in [5.74, 6) is -1.72. The highest BCUT2D eigenvalue weighted by molar-refractivity contribution is 7.89. The SMILES string of the molecule is CCS(=O)(=O)N(C)CC(=O)NC1(C(=O)O)CCCCC1. The van der Waals surface area contributed by atoms with E-state index >= 15 is 0 Å². The highest BCUT2D eigenvalue weighted by atomic mass is 32.2. The first-order chi connectivity index (χ1) is 9.23.